The van der Waals surface area contributed by atoms with Crippen LogP contribution in [-0.4, -0.2) is 23.9 Å². The molecule has 0 N–H and O–H groups in total. The third kappa shape index (κ3) is 4.98. The van der Waals surface area contributed by atoms with Gasteiger partial charge in [-0.2, -0.15) is 0 Å². The fraction of sp³-hybridized carbons (Fsp3) is 0.562. The van der Waals surface area contributed by atoms with E-state index in [9.17, 15) is 4.79 Å². The standard InChI is InChI=1S/C16H24BrNO/c1-11(2)9-18(10-12(3)4)16(19)14-7-6-13(5)15(17)8-14/h6-8,11-12H,9-10H2,1-5H3. The van der Waals surface area contributed by atoms with E-state index in [0.717, 1.165) is 28.7 Å². The molecule has 2 nitrogen and oxygen atoms in total. The number of carbonyl (C=O) groups excluding carboxylic acids is 1. The van der Waals surface area contributed by atoms with Crippen molar-refractivity contribution in [3.63, 3.8) is 0 Å². The summed E-state index contributed by atoms with van der Waals surface area (Å²) in [5.41, 5.74) is 1.91. The third-order valence-electron chi connectivity index (χ3n) is 2.88. The Morgan fingerprint density at radius 1 is 1.16 bits per heavy atom. The van der Waals surface area contributed by atoms with Crippen molar-refractivity contribution in [1.82, 2.24) is 4.90 Å². The molecular formula is C16H24BrNO. The first kappa shape index (κ1) is 16.2. The Morgan fingerprint density at radius 3 is 2.11 bits per heavy atom. The lowest BCUT2D eigenvalue weighted by Crippen LogP contribution is -2.37. The number of rotatable bonds is 5. The van der Waals surface area contributed by atoms with Crippen LogP contribution >= 0.6 is 15.9 Å². The number of hydrogen-bond acceptors (Lipinski definition) is 1. The van der Waals surface area contributed by atoms with Gasteiger partial charge in [-0.3, -0.25) is 4.79 Å². The van der Waals surface area contributed by atoms with Gasteiger partial charge in [-0.25, -0.2) is 0 Å². The highest BCUT2D eigenvalue weighted by Gasteiger charge is 2.18. The summed E-state index contributed by atoms with van der Waals surface area (Å²) >= 11 is 3.49. The van der Waals surface area contributed by atoms with Crippen LogP contribution in [0.4, 0.5) is 0 Å². The molecule has 0 unspecified atom stereocenters. The van der Waals surface area contributed by atoms with Gasteiger partial charge in [0.15, 0.2) is 0 Å². The van der Waals surface area contributed by atoms with E-state index in [4.69, 9.17) is 0 Å². The molecule has 0 bridgehead atoms. The largest absolute Gasteiger partial charge is 0.338 e. The number of nitrogens with zero attached hydrogens (tertiary/aromatic N) is 1. The molecule has 0 atom stereocenters. The van der Waals surface area contributed by atoms with Gasteiger partial charge in [0, 0.05) is 23.1 Å². The molecule has 1 aromatic rings. The summed E-state index contributed by atoms with van der Waals surface area (Å²) in [4.78, 5) is 14.5. The van der Waals surface area contributed by atoms with Crippen molar-refractivity contribution in [2.75, 3.05) is 13.1 Å². The maximum atomic E-state index is 12.6. The molecule has 0 radical (unpaired) electrons. The summed E-state index contributed by atoms with van der Waals surface area (Å²) in [7, 11) is 0. The highest BCUT2D eigenvalue weighted by Crippen LogP contribution is 2.19. The minimum absolute atomic E-state index is 0.128. The normalized spacial score (nSPS) is 11.2. The average molecular weight is 326 g/mol. The van der Waals surface area contributed by atoms with Gasteiger partial charge in [0.1, 0.15) is 0 Å². The highest BCUT2D eigenvalue weighted by molar-refractivity contribution is 9.10. The highest BCUT2D eigenvalue weighted by atomic mass is 79.9. The van der Waals surface area contributed by atoms with E-state index in [0.29, 0.717) is 11.8 Å². The van der Waals surface area contributed by atoms with Crippen LogP contribution in [0, 0.1) is 18.8 Å². The monoisotopic (exact) mass is 325 g/mol. The molecule has 0 heterocycles. The smallest absolute Gasteiger partial charge is 0.253 e. The van der Waals surface area contributed by atoms with Crippen LogP contribution in [0.1, 0.15) is 43.6 Å². The second kappa shape index (κ2) is 7.09. The minimum Gasteiger partial charge on any atom is -0.338 e. The minimum atomic E-state index is 0.128. The van der Waals surface area contributed by atoms with Crippen LogP contribution in [-0.2, 0) is 0 Å². The molecule has 0 fully saturated rings. The number of halogens is 1. The van der Waals surface area contributed by atoms with Crippen molar-refractivity contribution < 1.29 is 4.79 Å². The predicted molar refractivity (Wildman–Crippen MR) is 84.5 cm³/mol. The second-order valence-corrected chi connectivity index (χ2v) is 6.82. The van der Waals surface area contributed by atoms with Crippen LogP contribution in [0.5, 0.6) is 0 Å². The summed E-state index contributed by atoms with van der Waals surface area (Å²) in [6.07, 6.45) is 0. The molecule has 0 aromatic heterocycles. The first-order valence-electron chi connectivity index (χ1n) is 6.86. The van der Waals surface area contributed by atoms with Gasteiger partial charge < -0.3 is 4.90 Å². The number of carbonyl (C=O) groups is 1. The third-order valence-corrected chi connectivity index (χ3v) is 3.73. The average Bonchev–Trinajstić information content (AvgIpc) is 2.29. The molecule has 0 aliphatic rings. The van der Waals surface area contributed by atoms with E-state index < -0.39 is 0 Å². The van der Waals surface area contributed by atoms with E-state index in [1.807, 2.05) is 30.0 Å². The summed E-state index contributed by atoms with van der Waals surface area (Å²) in [5, 5.41) is 0. The van der Waals surface area contributed by atoms with Gasteiger partial charge in [-0.15, -0.1) is 0 Å². The van der Waals surface area contributed by atoms with Crippen molar-refractivity contribution in [3.8, 4) is 0 Å². The van der Waals surface area contributed by atoms with Crippen LogP contribution < -0.4 is 0 Å². The van der Waals surface area contributed by atoms with Gasteiger partial charge in [0.05, 0.1) is 0 Å². The van der Waals surface area contributed by atoms with Gasteiger partial charge in [-0.1, -0.05) is 49.7 Å². The van der Waals surface area contributed by atoms with Crippen LogP contribution in [0.15, 0.2) is 22.7 Å². The number of amides is 1. The number of benzene rings is 1. The predicted octanol–water partition coefficient (Wildman–Crippen LogP) is 4.51. The lowest BCUT2D eigenvalue weighted by atomic mass is 10.1. The Kier molecular flexibility index (Phi) is 6.05. The molecular weight excluding hydrogens is 302 g/mol. The molecule has 1 aromatic carbocycles. The summed E-state index contributed by atoms with van der Waals surface area (Å²) in [5.74, 6) is 1.09. The maximum Gasteiger partial charge on any atom is 0.253 e. The van der Waals surface area contributed by atoms with Crippen molar-refractivity contribution >= 4 is 21.8 Å². The Balaban J connectivity index is 2.94. The Morgan fingerprint density at radius 2 is 1.68 bits per heavy atom. The van der Waals surface area contributed by atoms with Crippen molar-refractivity contribution in [3.05, 3.63) is 33.8 Å². The molecule has 0 aliphatic carbocycles. The summed E-state index contributed by atoms with van der Waals surface area (Å²) < 4.78 is 0.993. The molecule has 3 heteroatoms. The van der Waals surface area contributed by atoms with Crippen LogP contribution in [0.2, 0.25) is 0 Å². The fourth-order valence-electron chi connectivity index (χ4n) is 2.03. The van der Waals surface area contributed by atoms with E-state index >= 15 is 0 Å². The van der Waals surface area contributed by atoms with Crippen molar-refractivity contribution in [2.24, 2.45) is 11.8 Å². The fourth-order valence-corrected chi connectivity index (χ4v) is 2.41. The first-order chi connectivity index (χ1) is 8.81. The second-order valence-electron chi connectivity index (χ2n) is 5.96. The van der Waals surface area contributed by atoms with E-state index in [-0.39, 0.29) is 5.91 Å². The molecule has 106 valence electrons. The van der Waals surface area contributed by atoms with Crippen LogP contribution in [0.25, 0.3) is 0 Å². The lowest BCUT2D eigenvalue weighted by Gasteiger charge is -2.26. The Labute approximate surface area is 125 Å². The maximum absolute atomic E-state index is 12.6. The zero-order valence-corrected chi connectivity index (χ0v) is 14.1. The molecule has 1 rings (SSSR count). The molecule has 0 saturated heterocycles. The summed E-state index contributed by atoms with van der Waals surface area (Å²) in [6.45, 7) is 12.2. The SMILES string of the molecule is Cc1ccc(C(=O)N(CC(C)C)CC(C)C)cc1Br. The quantitative estimate of drug-likeness (QED) is 0.779. The van der Waals surface area contributed by atoms with Gasteiger partial charge in [0.2, 0.25) is 0 Å². The van der Waals surface area contributed by atoms with E-state index in [2.05, 4.69) is 43.6 Å². The molecule has 0 aliphatic heterocycles. The van der Waals surface area contributed by atoms with Gasteiger partial charge >= 0.3 is 0 Å². The van der Waals surface area contributed by atoms with Crippen molar-refractivity contribution in [1.29, 1.82) is 0 Å². The Bertz CT molecular complexity index is 430. The zero-order chi connectivity index (χ0) is 14.6. The Hall–Kier alpha value is -0.830. The van der Waals surface area contributed by atoms with E-state index in [1.54, 1.807) is 0 Å². The van der Waals surface area contributed by atoms with Crippen LogP contribution in [0.3, 0.4) is 0 Å². The first-order valence-corrected chi connectivity index (χ1v) is 7.66. The number of hydrogen-bond donors (Lipinski definition) is 0. The van der Waals surface area contributed by atoms with Gasteiger partial charge in [0.25, 0.3) is 5.91 Å². The molecule has 0 spiro atoms. The van der Waals surface area contributed by atoms with Crippen molar-refractivity contribution in [2.45, 2.75) is 34.6 Å². The molecule has 1 amide bonds. The lowest BCUT2D eigenvalue weighted by molar-refractivity contribution is 0.0715. The molecule has 0 saturated carbocycles. The topological polar surface area (TPSA) is 20.3 Å². The van der Waals surface area contributed by atoms with E-state index in [1.165, 1.54) is 0 Å². The summed E-state index contributed by atoms with van der Waals surface area (Å²) in [6, 6.07) is 5.82. The number of aryl methyl sites for hydroxylation is 1. The van der Waals surface area contributed by atoms with Gasteiger partial charge in [-0.05, 0) is 36.5 Å². The molecule has 19 heavy (non-hydrogen) atoms. The zero-order valence-electron chi connectivity index (χ0n) is 12.5.